The highest BCUT2D eigenvalue weighted by Crippen LogP contribution is 2.23. The second-order valence-corrected chi connectivity index (χ2v) is 6.55. The number of nitrogens with zero attached hydrogens (tertiary/aromatic N) is 1. The Morgan fingerprint density at radius 3 is 2.78 bits per heavy atom. The maximum Gasteiger partial charge on any atom is 0.185 e. The van der Waals surface area contributed by atoms with Crippen LogP contribution in [0.3, 0.4) is 0 Å². The van der Waals surface area contributed by atoms with Crippen LogP contribution >= 0.6 is 27.5 Å². The van der Waals surface area contributed by atoms with Gasteiger partial charge in [-0.3, -0.25) is 4.79 Å². The fourth-order valence-corrected chi connectivity index (χ4v) is 2.92. The molecule has 0 aliphatic heterocycles. The molecule has 0 radical (unpaired) electrons. The van der Waals surface area contributed by atoms with Crippen molar-refractivity contribution in [1.82, 2.24) is 4.98 Å². The van der Waals surface area contributed by atoms with Gasteiger partial charge >= 0.3 is 0 Å². The van der Waals surface area contributed by atoms with Crippen molar-refractivity contribution < 1.29 is 4.79 Å². The van der Waals surface area contributed by atoms with Crippen LogP contribution in [0.25, 0.3) is 17.0 Å². The normalized spacial score (nSPS) is 11.3. The van der Waals surface area contributed by atoms with Gasteiger partial charge in [-0.25, -0.2) is 4.98 Å². The summed E-state index contributed by atoms with van der Waals surface area (Å²) in [5, 5.41) is 1.39. The fourth-order valence-electron chi connectivity index (χ4n) is 2.31. The number of hydrogen-bond donors (Lipinski definition) is 0. The zero-order valence-corrected chi connectivity index (χ0v) is 14.7. The summed E-state index contributed by atoms with van der Waals surface area (Å²) in [4.78, 5) is 16.6. The number of fused-ring (bicyclic) bond motifs is 1. The Balaban J connectivity index is 1.94. The first-order valence-electron chi connectivity index (χ1n) is 7.08. The van der Waals surface area contributed by atoms with Crippen molar-refractivity contribution in [3.8, 4) is 0 Å². The maximum atomic E-state index is 12.2. The average molecular weight is 387 g/mol. The molecule has 0 aliphatic carbocycles. The third kappa shape index (κ3) is 3.69. The number of carbonyl (C=O) groups is 1. The van der Waals surface area contributed by atoms with E-state index in [-0.39, 0.29) is 5.78 Å². The van der Waals surface area contributed by atoms with Gasteiger partial charge in [-0.05, 0) is 49.4 Å². The number of pyridine rings is 1. The molecule has 0 aliphatic rings. The van der Waals surface area contributed by atoms with E-state index in [2.05, 4.69) is 20.9 Å². The van der Waals surface area contributed by atoms with E-state index >= 15 is 0 Å². The first-order chi connectivity index (χ1) is 11.0. The van der Waals surface area contributed by atoms with E-state index in [4.69, 9.17) is 11.6 Å². The summed E-state index contributed by atoms with van der Waals surface area (Å²) >= 11 is 9.58. The number of hydrogen-bond acceptors (Lipinski definition) is 2. The summed E-state index contributed by atoms with van der Waals surface area (Å²) in [5.74, 6) is -0.0771. The van der Waals surface area contributed by atoms with E-state index in [0.717, 1.165) is 26.5 Å². The predicted octanol–water partition coefficient (Wildman–Crippen LogP) is 5.86. The number of allylic oxidation sites excluding steroid dienone is 1. The van der Waals surface area contributed by atoms with E-state index < -0.39 is 0 Å². The standard InChI is InChI=1S/C19H13BrClNO/c1-12-5-7-17-15(9-12)10-14(19(21)22-17)6-8-18(23)13-3-2-4-16(20)11-13/h2-11H,1H3/b8-6+. The molecule has 0 fully saturated rings. The Labute approximate surface area is 147 Å². The first-order valence-corrected chi connectivity index (χ1v) is 8.25. The molecule has 0 unspecified atom stereocenters. The molecular weight excluding hydrogens is 374 g/mol. The zero-order valence-electron chi connectivity index (χ0n) is 12.4. The topological polar surface area (TPSA) is 30.0 Å². The van der Waals surface area contributed by atoms with Crippen LogP contribution in [0.5, 0.6) is 0 Å². The summed E-state index contributed by atoms with van der Waals surface area (Å²) in [7, 11) is 0. The van der Waals surface area contributed by atoms with Gasteiger partial charge in [0.25, 0.3) is 0 Å². The molecule has 0 amide bonds. The van der Waals surface area contributed by atoms with Gasteiger partial charge in [0, 0.05) is 21.0 Å². The molecule has 1 heterocycles. The lowest BCUT2D eigenvalue weighted by Crippen LogP contribution is -1.94. The maximum absolute atomic E-state index is 12.2. The van der Waals surface area contributed by atoms with Gasteiger partial charge in [0.1, 0.15) is 5.15 Å². The predicted molar refractivity (Wildman–Crippen MR) is 99.0 cm³/mol. The van der Waals surface area contributed by atoms with Crippen molar-refractivity contribution >= 4 is 50.3 Å². The molecule has 3 aromatic rings. The average Bonchev–Trinajstić information content (AvgIpc) is 2.53. The van der Waals surface area contributed by atoms with Gasteiger partial charge < -0.3 is 0 Å². The summed E-state index contributed by atoms with van der Waals surface area (Å²) < 4.78 is 0.873. The summed E-state index contributed by atoms with van der Waals surface area (Å²) in [6, 6.07) is 15.2. The Kier molecular flexibility index (Phi) is 4.60. The van der Waals surface area contributed by atoms with Crippen LogP contribution in [-0.4, -0.2) is 10.8 Å². The minimum Gasteiger partial charge on any atom is -0.289 e. The molecule has 114 valence electrons. The lowest BCUT2D eigenvalue weighted by atomic mass is 10.1. The van der Waals surface area contributed by atoms with E-state index in [9.17, 15) is 4.79 Å². The number of halogens is 2. The van der Waals surface area contributed by atoms with Crippen molar-refractivity contribution in [1.29, 1.82) is 0 Å². The third-order valence-corrected chi connectivity index (χ3v) is 4.27. The largest absolute Gasteiger partial charge is 0.289 e. The molecule has 0 bridgehead atoms. The molecule has 0 saturated heterocycles. The highest BCUT2D eigenvalue weighted by Gasteiger charge is 2.05. The van der Waals surface area contributed by atoms with Gasteiger partial charge in [-0.2, -0.15) is 0 Å². The van der Waals surface area contributed by atoms with Crippen LogP contribution < -0.4 is 0 Å². The molecule has 3 rings (SSSR count). The van der Waals surface area contributed by atoms with Crippen molar-refractivity contribution in [3.05, 3.63) is 80.9 Å². The van der Waals surface area contributed by atoms with Crippen LogP contribution in [-0.2, 0) is 0 Å². The summed E-state index contributed by atoms with van der Waals surface area (Å²) in [5.41, 5.74) is 3.35. The molecule has 0 saturated carbocycles. The third-order valence-electron chi connectivity index (χ3n) is 3.47. The molecule has 4 heteroatoms. The first kappa shape index (κ1) is 15.9. The monoisotopic (exact) mass is 385 g/mol. The van der Waals surface area contributed by atoms with Gasteiger partial charge in [0.05, 0.1) is 5.52 Å². The number of benzene rings is 2. The van der Waals surface area contributed by atoms with Gasteiger partial charge in [0.2, 0.25) is 0 Å². The number of carbonyl (C=O) groups excluding carboxylic acids is 1. The van der Waals surface area contributed by atoms with Gasteiger partial charge in [0.15, 0.2) is 5.78 Å². The fraction of sp³-hybridized carbons (Fsp3) is 0.0526. The lowest BCUT2D eigenvalue weighted by molar-refractivity contribution is 0.104. The highest BCUT2D eigenvalue weighted by molar-refractivity contribution is 9.10. The molecule has 0 N–H and O–H groups in total. The number of ketones is 1. The lowest BCUT2D eigenvalue weighted by Gasteiger charge is -2.03. The van der Waals surface area contributed by atoms with Gasteiger partial charge in [-0.15, -0.1) is 0 Å². The molecule has 2 aromatic carbocycles. The van der Waals surface area contributed by atoms with Crippen molar-refractivity contribution in [2.24, 2.45) is 0 Å². The van der Waals surface area contributed by atoms with Crippen LogP contribution in [0.15, 0.2) is 59.1 Å². The van der Waals surface area contributed by atoms with Crippen molar-refractivity contribution in [2.75, 3.05) is 0 Å². The Hall–Kier alpha value is -1.97. The number of aromatic nitrogens is 1. The van der Waals surface area contributed by atoms with Crippen LogP contribution in [0.1, 0.15) is 21.5 Å². The molecule has 23 heavy (non-hydrogen) atoms. The number of rotatable bonds is 3. The Bertz CT molecular complexity index is 934. The zero-order chi connectivity index (χ0) is 16.4. The molecule has 0 atom stereocenters. The molecule has 2 nitrogen and oxygen atoms in total. The van der Waals surface area contributed by atoms with Gasteiger partial charge in [-0.1, -0.05) is 51.3 Å². The smallest absolute Gasteiger partial charge is 0.185 e. The second-order valence-electron chi connectivity index (χ2n) is 5.27. The second kappa shape index (κ2) is 6.65. The molecule has 1 aromatic heterocycles. The van der Waals surface area contributed by atoms with E-state index in [1.165, 1.54) is 6.08 Å². The SMILES string of the molecule is Cc1ccc2nc(Cl)c(/C=C/C(=O)c3cccc(Br)c3)cc2c1. The van der Waals surface area contributed by atoms with Crippen LogP contribution in [0.4, 0.5) is 0 Å². The minimum atomic E-state index is -0.0771. The molecule has 0 spiro atoms. The number of aryl methyl sites for hydroxylation is 1. The van der Waals surface area contributed by atoms with Crippen molar-refractivity contribution in [2.45, 2.75) is 6.92 Å². The van der Waals surface area contributed by atoms with Crippen LogP contribution in [0.2, 0.25) is 5.15 Å². The van der Waals surface area contributed by atoms with E-state index in [1.807, 2.05) is 43.3 Å². The van der Waals surface area contributed by atoms with E-state index in [0.29, 0.717) is 10.7 Å². The van der Waals surface area contributed by atoms with Crippen molar-refractivity contribution in [3.63, 3.8) is 0 Å². The van der Waals surface area contributed by atoms with Crippen LogP contribution in [0, 0.1) is 6.92 Å². The minimum absolute atomic E-state index is 0.0771. The Morgan fingerprint density at radius 2 is 2.00 bits per heavy atom. The highest BCUT2D eigenvalue weighted by atomic mass is 79.9. The summed E-state index contributed by atoms with van der Waals surface area (Å²) in [6.45, 7) is 2.03. The summed E-state index contributed by atoms with van der Waals surface area (Å²) in [6.07, 6.45) is 3.23. The van der Waals surface area contributed by atoms with E-state index in [1.54, 1.807) is 18.2 Å². The quantitative estimate of drug-likeness (QED) is 0.321. The Morgan fingerprint density at radius 1 is 1.17 bits per heavy atom. The molecular formula is C19H13BrClNO.